The molecule has 0 radical (unpaired) electrons. The second-order valence-corrected chi connectivity index (χ2v) is 31.5. The topological polar surface area (TPSA) is 492 Å². The normalized spacial score (nSPS) is 54.1. The molecule has 0 unspecified atom stereocenters. The van der Waals surface area contributed by atoms with Crippen LogP contribution >= 0.6 is 0 Å². The third-order valence-electron chi connectivity index (χ3n) is 25.2. The smallest absolute Gasteiger partial charge is 0.315 e. The van der Waals surface area contributed by atoms with Crippen molar-refractivity contribution >= 4 is 5.97 Å². The summed E-state index contributed by atoms with van der Waals surface area (Å²) in [5, 5.41) is 194. The van der Waals surface area contributed by atoms with Gasteiger partial charge in [-0.1, -0.05) is 60.1 Å². The van der Waals surface area contributed by atoms with Gasteiger partial charge in [-0.25, -0.2) is 0 Å². The van der Waals surface area contributed by atoms with Crippen molar-refractivity contribution in [3.05, 3.63) is 11.6 Å². The highest BCUT2D eigenvalue weighted by Gasteiger charge is 2.71. The van der Waals surface area contributed by atoms with E-state index in [1.165, 1.54) is 12.5 Å². The summed E-state index contributed by atoms with van der Waals surface area (Å²) in [4.78, 5) is 15.2. The fourth-order valence-corrected chi connectivity index (χ4v) is 19.0. The summed E-state index contributed by atoms with van der Waals surface area (Å²) >= 11 is 0. The van der Waals surface area contributed by atoms with Crippen LogP contribution in [-0.2, 0) is 61.6 Å². The summed E-state index contributed by atoms with van der Waals surface area (Å²) in [7, 11) is 0. The zero-order chi connectivity index (χ0) is 70.0. The van der Waals surface area contributed by atoms with Crippen LogP contribution < -0.4 is 0 Å². The fraction of sp³-hybridized carbons (Fsp3) is 0.954. The van der Waals surface area contributed by atoms with Crippen molar-refractivity contribution in [2.45, 2.75) is 304 Å². The lowest BCUT2D eigenvalue weighted by molar-refractivity contribution is -0.390. The van der Waals surface area contributed by atoms with Crippen LogP contribution in [0.25, 0.3) is 0 Å². The average molecular weight is 1380 g/mol. The van der Waals surface area contributed by atoms with E-state index in [0.717, 1.165) is 19.3 Å². The quantitative estimate of drug-likeness (QED) is 0.0392. The average Bonchev–Trinajstić information content (AvgIpc) is 0.676. The SMILES string of the molecule is C[C@@H]1O[C@@H](O[C@H]2[C@H](O[C@H]3CC[C@]4(C)[C@H]5CC=C6[C@@H]7CC(C)(C)CC[C@]7(C(=O)O[C@@H]7O[C@H](CO[C@@H]8O[C@H](CO)[C@@H](O)[C@H](O)[C@H]8O)[C@@H](O)[C@H](O)[C@H]7O)CC[C@@]6(C)[C@]5(C)CC[C@H]4C3(C)C)OC[C@@H](O)[C@@H]2O)[C@H](O)[C@H](O[C@@H]2O[C@H](CO)[C@@H](O[C@@H]3O[C@H](CO)[C@@H](O)[C@H](O)[C@H]3O)[C@H](O)[C@H]2O)[C@H]1O. The maximum absolute atomic E-state index is 15.2. The van der Waals surface area contributed by atoms with E-state index < -0.39 is 227 Å². The minimum absolute atomic E-state index is 0.0759. The number of allylic oxidation sites excluding steroid dienone is 2. The van der Waals surface area contributed by atoms with Gasteiger partial charge in [0.05, 0.1) is 50.7 Å². The monoisotopic (exact) mass is 1380 g/mol. The number of carbonyl (C=O) groups is 1. The molecule has 6 saturated heterocycles. The Bertz CT molecular complexity index is 2690. The van der Waals surface area contributed by atoms with Crippen LogP contribution in [0, 0.1) is 50.2 Å². The Hall–Kier alpha value is -1.95. The Labute approximate surface area is 556 Å². The first-order chi connectivity index (χ1) is 45.0. The van der Waals surface area contributed by atoms with Gasteiger partial charge in [0.2, 0.25) is 6.29 Å². The van der Waals surface area contributed by atoms with Crippen LogP contribution in [0.5, 0.6) is 0 Å². The van der Waals surface area contributed by atoms with Gasteiger partial charge in [0.15, 0.2) is 31.5 Å². The Morgan fingerprint density at radius 1 is 0.490 bits per heavy atom. The summed E-state index contributed by atoms with van der Waals surface area (Å²) in [6.07, 6.45) is -40.4. The van der Waals surface area contributed by atoms with E-state index >= 15 is 4.79 Å². The summed E-state index contributed by atoms with van der Waals surface area (Å²) in [5.74, 6) is -0.639. The van der Waals surface area contributed by atoms with Gasteiger partial charge in [-0.15, -0.1) is 0 Å². The molecular formula is C65H106O31. The number of fused-ring (bicyclic) bond motifs is 7. The molecule has 0 spiro atoms. The van der Waals surface area contributed by atoms with Crippen LogP contribution in [0.1, 0.15) is 120 Å². The summed E-state index contributed by atoms with van der Waals surface area (Å²) < 4.78 is 71.5. The van der Waals surface area contributed by atoms with E-state index in [1.54, 1.807) is 0 Å². The van der Waals surface area contributed by atoms with Crippen molar-refractivity contribution in [2.24, 2.45) is 50.2 Å². The van der Waals surface area contributed by atoms with Crippen molar-refractivity contribution < 1.29 is 154 Å². The van der Waals surface area contributed by atoms with E-state index in [4.69, 9.17) is 56.8 Å². The van der Waals surface area contributed by atoms with Gasteiger partial charge in [0.25, 0.3) is 0 Å². The first-order valence-electron chi connectivity index (χ1n) is 34.1. The number of hydrogen-bond acceptors (Lipinski definition) is 31. The molecule has 0 bridgehead atoms. The van der Waals surface area contributed by atoms with Gasteiger partial charge in [-0.2, -0.15) is 0 Å². The number of esters is 1. The lowest BCUT2D eigenvalue weighted by Crippen LogP contribution is -2.67. The molecule has 552 valence electrons. The molecule has 11 aliphatic rings. The number of hydrogen-bond donors (Lipinski definition) is 18. The molecule has 10 fully saturated rings. The molecule has 5 aliphatic carbocycles. The summed E-state index contributed by atoms with van der Waals surface area (Å²) in [6, 6.07) is 0. The molecule has 0 aromatic rings. The summed E-state index contributed by atoms with van der Waals surface area (Å²) in [6.45, 7) is 13.9. The standard InChI is InChI=1S/C65H106O31/c1-25-36(70)51(94-55-48(82)44(78)50(31(22-68)90-55)93-54-46(80)42(76)39(73)30(21-67)89-54)49(83)57(87-25)95-52-37(71)28(69)23-85-58(52)92-35-12-13-62(6)33(61(35,4)5)11-14-64(8)34(62)10-9-26-27-19-60(2,3)15-17-65(27,18-16-63(26,64)7)59(84)96-56-47(81)43(77)40(74)32(91-56)24-86-53-45(79)41(75)38(72)29(20-66)88-53/h9,25,27-58,66-83H,10-24H2,1-8H3/t25-,27-,28+,29+,30+,31+,32+,33-,34+,35-,36-,37-,38+,39+,40+,41-,42-,43-,44+,45+,46+,47+,48+,49+,50+,51+,52+,53+,54-,55-,56-,57-,58-,62-,63+,64+,65-/m0/s1. The number of aliphatic hydroxyl groups excluding tert-OH is 18. The largest absolute Gasteiger partial charge is 0.432 e. The van der Waals surface area contributed by atoms with Crippen molar-refractivity contribution in [3.63, 3.8) is 0 Å². The zero-order valence-corrected chi connectivity index (χ0v) is 55.6. The molecule has 0 aromatic heterocycles. The molecule has 11 rings (SSSR count). The Kier molecular flexibility index (Phi) is 22.1. The van der Waals surface area contributed by atoms with Crippen molar-refractivity contribution in [3.8, 4) is 0 Å². The second-order valence-electron chi connectivity index (χ2n) is 31.5. The minimum Gasteiger partial charge on any atom is -0.432 e. The first-order valence-corrected chi connectivity index (χ1v) is 34.1. The highest BCUT2D eigenvalue weighted by atomic mass is 16.8. The predicted octanol–water partition coefficient (Wildman–Crippen LogP) is -4.72. The molecule has 4 saturated carbocycles. The number of aliphatic hydroxyl groups is 18. The third kappa shape index (κ3) is 12.9. The zero-order valence-electron chi connectivity index (χ0n) is 55.6. The van der Waals surface area contributed by atoms with Crippen LogP contribution in [0.3, 0.4) is 0 Å². The molecule has 31 heteroatoms. The van der Waals surface area contributed by atoms with Crippen molar-refractivity contribution in [1.29, 1.82) is 0 Å². The summed E-state index contributed by atoms with van der Waals surface area (Å²) in [5.41, 5.74) is -1.49. The maximum Gasteiger partial charge on any atom is 0.315 e. The molecule has 37 atom stereocenters. The van der Waals surface area contributed by atoms with E-state index in [9.17, 15) is 91.9 Å². The highest BCUT2D eigenvalue weighted by molar-refractivity contribution is 5.79. The molecule has 96 heavy (non-hydrogen) atoms. The van der Waals surface area contributed by atoms with Crippen LogP contribution in [0.2, 0.25) is 0 Å². The Morgan fingerprint density at radius 2 is 1.02 bits per heavy atom. The second kappa shape index (κ2) is 28.3. The minimum atomic E-state index is -2.03. The fourth-order valence-electron chi connectivity index (χ4n) is 19.0. The van der Waals surface area contributed by atoms with E-state index in [-0.39, 0.29) is 46.0 Å². The number of ether oxygens (including phenoxy) is 12. The van der Waals surface area contributed by atoms with Crippen LogP contribution in [0.4, 0.5) is 0 Å². The number of carbonyl (C=O) groups excluding carboxylic acids is 1. The third-order valence-corrected chi connectivity index (χ3v) is 25.2. The van der Waals surface area contributed by atoms with Gasteiger partial charge in [-0.05, 0) is 116 Å². The molecule has 0 amide bonds. The maximum atomic E-state index is 15.2. The van der Waals surface area contributed by atoms with E-state index in [2.05, 4.69) is 54.5 Å². The molecular weight excluding hydrogens is 1280 g/mol. The van der Waals surface area contributed by atoms with Crippen LogP contribution in [-0.4, -0.2) is 315 Å². The lowest BCUT2D eigenvalue weighted by atomic mass is 9.33. The molecule has 18 N–H and O–H groups in total. The Balaban J connectivity index is 0.762. The first kappa shape index (κ1) is 75.2. The van der Waals surface area contributed by atoms with Gasteiger partial charge in [-0.3, -0.25) is 4.79 Å². The Morgan fingerprint density at radius 3 is 1.66 bits per heavy atom. The van der Waals surface area contributed by atoms with Crippen molar-refractivity contribution in [1.82, 2.24) is 0 Å². The van der Waals surface area contributed by atoms with Gasteiger partial charge < -0.3 is 149 Å². The van der Waals surface area contributed by atoms with E-state index in [0.29, 0.717) is 44.9 Å². The van der Waals surface area contributed by atoms with Crippen molar-refractivity contribution in [2.75, 3.05) is 33.0 Å². The van der Waals surface area contributed by atoms with Gasteiger partial charge >= 0.3 is 5.97 Å². The van der Waals surface area contributed by atoms with Crippen LogP contribution in [0.15, 0.2) is 11.6 Å². The number of rotatable bonds is 16. The molecule has 6 aliphatic heterocycles. The van der Waals surface area contributed by atoms with Gasteiger partial charge in [0, 0.05) is 0 Å². The van der Waals surface area contributed by atoms with E-state index in [1.807, 2.05) is 0 Å². The lowest BCUT2D eigenvalue weighted by Gasteiger charge is -2.71. The molecule has 6 heterocycles. The molecule has 31 nitrogen and oxygen atoms in total. The predicted molar refractivity (Wildman–Crippen MR) is 321 cm³/mol. The molecule has 0 aromatic carbocycles. The highest BCUT2D eigenvalue weighted by Crippen LogP contribution is 2.76. The van der Waals surface area contributed by atoms with Gasteiger partial charge in [0.1, 0.15) is 134 Å².